The van der Waals surface area contributed by atoms with E-state index in [1.807, 2.05) is 24.3 Å². The number of hydrogen-bond acceptors (Lipinski definition) is 3. The van der Waals surface area contributed by atoms with Crippen LogP contribution in [0.3, 0.4) is 0 Å². The quantitative estimate of drug-likeness (QED) is 0.827. The van der Waals surface area contributed by atoms with Crippen molar-refractivity contribution in [1.29, 1.82) is 0 Å². The number of benzene rings is 1. The zero-order valence-electron chi connectivity index (χ0n) is 8.53. The van der Waals surface area contributed by atoms with Gasteiger partial charge in [0.1, 0.15) is 5.75 Å². The second-order valence-electron chi connectivity index (χ2n) is 3.41. The molecule has 0 saturated carbocycles. The Kier molecular flexibility index (Phi) is 3.16. The van der Waals surface area contributed by atoms with Gasteiger partial charge >= 0.3 is 0 Å². The van der Waals surface area contributed by atoms with Gasteiger partial charge in [0, 0.05) is 5.75 Å². The first kappa shape index (κ1) is 10.4. The Balaban J connectivity index is 2.11. The Hall–Kier alpha value is -1.16. The van der Waals surface area contributed by atoms with Crippen molar-refractivity contribution in [2.75, 3.05) is 18.6 Å². The van der Waals surface area contributed by atoms with Crippen molar-refractivity contribution in [3.05, 3.63) is 29.8 Å². The summed E-state index contributed by atoms with van der Waals surface area (Å²) in [6.45, 7) is 0. The first-order chi connectivity index (χ1) is 7.29. The van der Waals surface area contributed by atoms with E-state index in [1.165, 1.54) is 0 Å². The van der Waals surface area contributed by atoms with E-state index in [0.29, 0.717) is 5.75 Å². The van der Waals surface area contributed by atoms with E-state index < -0.39 is 0 Å². The van der Waals surface area contributed by atoms with E-state index in [4.69, 9.17) is 4.74 Å². The SMILES string of the molecule is COc1ccc(C2CSCC(=O)N2)cc1. The lowest BCUT2D eigenvalue weighted by Gasteiger charge is -2.23. The zero-order chi connectivity index (χ0) is 10.7. The summed E-state index contributed by atoms with van der Waals surface area (Å²) in [7, 11) is 1.65. The van der Waals surface area contributed by atoms with Crippen LogP contribution in [0.25, 0.3) is 0 Å². The molecule has 80 valence electrons. The predicted octanol–water partition coefficient (Wildman–Crippen LogP) is 1.60. The Morgan fingerprint density at radius 1 is 1.40 bits per heavy atom. The molecule has 1 aromatic rings. The average Bonchev–Trinajstić information content (AvgIpc) is 2.29. The number of carbonyl (C=O) groups is 1. The fourth-order valence-corrected chi connectivity index (χ4v) is 2.46. The van der Waals surface area contributed by atoms with Gasteiger partial charge in [-0.25, -0.2) is 0 Å². The van der Waals surface area contributed by atoms with Gasteiger partial charge in [-0.15, -0.1) is 11.8 Å². The van der Waals surface area contributed by atoms with E-state index >= 15 is 0 Å². The maximum absolute atomic E-state index is 11.2. The fourth-order valence-electron chi connectivity index (χ4n) is 1.56. The number of carbonyl (C=O) groups excluding carboxylic acids is 1. The molecule has 0 bridgehead atoms. The van der Waals surface area contributed by atoms with E-state index in [9.17, 15) is 4.79 Å². The molecule has 1 saturated heterocycles. The van der Waals surface area contributed by atoms with Crippen LogP contribution in [0, 0.1) is 0 Å². The summed E-state index contributed by atoms with van der Waals surface area (Å²) in [5.41, 5.74) is 1.14. The van der Waals surface area contributed by atoms with Crippen molar-refractivity contribution in [3.63, 3.8) is 0 Å². The molecule has 15 heavy (non-hydrogen) atoms. The van der Waals surface area contributed by atoms with Crippen LogP contribution in [-0.2, 0) is 4.79 Å². The molecular formula is C11H13NO2S. The van der Waals surface area contributed by atoms with Crippen LogP contribution in [0.5, 0.6) is 5.75 Å². The highest BCUT2D eigenvalue weighted by molar-refractivity contribution is 8.00. The minimum absolute atomic E-state index is 0.118. The van der Waals surface area contributed by atoms with Crippen molar-refractivity contribution in [2.24, 2.45) is 0 Å². The second-order valence-corrected chi connectivity index (χ2v) is 4.44. The summed E-state index contributed by atoms with van der Waals surface area (Å²) in [5.74, 6) is 2.48. The monoisotopic (exact) mass is 223 g/mol. The number of hydrogen-bond donors (Lipinski definition) is 1. The van der Waals surface area contributed by atoms with Gasteiger partial charge in [-0.2, -0.15) is 0 Å². The standard InChI is InChI=1S/C11H13NO2S/c1-14-9-4-2-8(3-5-9)10-6-15-7-11(13)12-10/h2-5,10H,6-7H2,1H3,(H,12,13). The molecule has 1 amide bonds. The minimum atomic E-state index is 0.118. The third-order valence-electron chi connectivity index (χ3n) is 2.37. The maximum Gasteiger partial charge on any atom is 0.230 e. The minimum Gasteiger partial charge on any atom is -0.497 e. The van der Waals surface area contributed by atoms with Crippen LogP contribution in [0.4, 0.5) is 0 Å². The molecule has 0 aromatic heterocycles. The molecule has 1 aromatic carbocycles. The molecule has 1 unspecified atom stereocenters. The van der Waals surface area contributed by atoms with Crippen LogP contribution >= 0.6 is 11.8 Å². The third kappa shape index (κ3) is 2.45. The van der Waals surface area contributed by atoms with Crippen LogP contribution in [0.15, 0.2) is 24.3 Å². The molecule has 3 nitrogen and oxygen atoms in total. The van der Waals surface area contributed by atoms with Gasteiger partial charge in [-0.1, -0.05) is 12.1 Å². The Morgan fingerprint density at radius 2 is 2.13 bits per heavy atom. The zero-order valence-corrected chi connectivity index (χ0v) is 9.34. The summed E-state index contributed by atoms with van der Waals surface area (Å²) in [5, 5.41) is 2.97. The number of thioether (sulfide) groups is 1. The van der Waals surface area contributed by atoms with Gasteiger partial charge in [0.25, 0.3) is 0 Å². The van der Waals surface area contributed by atoms with Gasteiger partial charge in [0.2, 0.25) is 5.91 Å². The molecule has 1 heterocycles. The third-order valence-corrected chi connectivity index (χ3v) is 3.41. The summed E-state index contributed by atoms with van der Waals surface area (Å²) in [4.78, 5) is 11.2. The van der Waals surface area contributed by atoms with E-state index in [2.05, 4.69) is 5.32 Å². The number of methoxy groups -OCH3 is 1. The number of nitrogens with one attached hydrogen (secondary N) is 1. The molecule has 1 fully saturated rings. The molecule has 0 spiro atoms. The maximum atomic E-state index is 11.2. The van der Waals surface area contributed by atoms with E-state index in [-0.39, 0.29) is 11.9 Å². The molecule has 0 aliphatic carbocycles. The van der Waals surface area contributed by atoms with Gasteiger partial charge in [-0.3, -0.25) is 4.79 Å². The lowest BCUT2D eigenvalue weighted by Crippen LogP contribution is -2.35. The number of rotatable bonds is 2. The topological polar surface area (TPSA) is 38.3 Å². The molecule has 1 N–H and O–H groups in total. The first-order valence-electron chi connectivity index (χ1n) is 4.80. The summed E-state index contributed by atoms with van der Waals surface area (Å²) < 4.78 is 5.09. The first-order valence-corrected chi connectivity index (χ1v) is 5.96. The van der Waals surface area contributed by atoms with Crippen molar-refractivity contribution < 1.29 is 9.53 Å². The highest BCUT2D eigenvalue weighted by atomic mass is 32.2. The Labute approximate surface area is 93.2 Å². The normalized spacial score (nSPS) is 20.9. The van der Waals surface area contributed by atoms with Crippen molar-refractivity contribution in [2.45, 2.75) is 6.04 Å². The molecule has 2 rings (SSSR count). The summed E-state index contributed by atoms with van der Waals surface area (Å²) >= 11 is 1.67. The molecular weight excluding hydrogens is 210 g/mol. The number of ether oxygens (including phenoxy) is 1. The molecule has 0 radical (unpaired) electrons. The lowest BCUT2D eigenvalue weighted by molar-refractivity contribution is -0.119. The average molecular weight is 223 g/mol. The van der Waals surface area contributed by atoms with Gasteiger partial charge < -0.3 is 10.1 Å². The van der Waals surface area contributed by atoms with Crippen molar-refractivity contribution in [3.8, 4) is 5.75 Å². The van der Waals surface area contributed by atoms with Crippen LogP contribution in [0.1, 0.15) is 11.6 Å². The summed E-state index contributed by atoms with van der Waals surface area (Å²) in [6.07, 6.45) is 0. The van der Waals surface area contributed by atoms with Gasteiger partial charge in [-0.05, 0) is 17.7 Å². The van der Waals surface area contributed by atoms with Crippen LogP contribution in [0.2, 0.25) is 0 Å². The van der Waals surface area contributed by atoms with Gasteiger partial charge in [0.05, 0.1) is 18.9 Å². The van der Waals surface area contributed by atoms with Gasteiger partial charge in [0.15, 0.2) is 0 Å². The molecule has 1 atom stereocenters. The molecule has 1 aliphatic rings. The van der Waals surface area contributed by atoms with Crippen molar-refractivity contribution >= 4 is 17.7 Å². The summed E-state index contributed by atoms with van der Waals surface area (Å²) in [6, 6.07) is 7.97. The second kappa shape index (κ2) is 4.57. The van der Waals surface area contributed by atoms with Crippen molar-refractivity contribution in [1.82, 2.24) is 5.32 Å². The molecule has 1 aliphatic heterocycles. The van der Waals surface area contributed by atoms with Crippen LogP contribution < -0.4 is 10.1 Å². The highest BCUT2D eigenvalue weighted by Gasteiger charge is 2.19. The van der Waals surface area contributed by atoms with E-state index in [0.717, 1.165) is 17.1 Å². The lowest BCUT2D eigenvalue weighted by atomic mass is 10.1. The van der Waals surface area contributed by atoms with Crippen LogP contribution in [-0.4, -0.2) is 24.5 Å². The largest absolute Gasteiger partial charge is 0.497 e. The number of amides is 1. The Morgan fingerprint density at radius 3 is 2.73 bits per heavy atom. The van der Waals surface area contributed by atoms with E-state index in [1.54, 1.807) is 18.9 Å². The fraction of sp³-hybridized carbons (Fsp3) is 0.364. The Bertz CT molecular complexity index is 350. The molecule has 4 heteroatoms. The predicted molar refractivity (Wildman–Crippen MR) is 61.2 cm³/mol. The highest BCUT2D eigenvalue weighted by Crippen LogP contribution is 2.23. The smallest absolute Gasteiger partial charge is 0.230 e.